The van der Waals surface area contributed by atoms with Gasteiger partial charge in [0.05, 0.1) is 29.0 Å². The van der Waals surface area contributed by atoms with Gasteiger partial charge in [0.1, 0.15) is 11.4 Å². The van der Waals surface area contributed by atoms with Crippen molar-refractivity contribution in [1.82, 2.24) is 9.78 Å². The van der Waals surface area contributed by atoms with Crippen molar-refractivity contribution in [3.8, 4) is 5.75 Å². The second kappa shape index (κ2) is 6.65. The van der Waals surface area contributed by atoms with E-state index in [-0.39, 0.29) is 5.75 Å². The van der Waals surface area contributed by atoms with Gasteiger partial charge >= 0.3 is 12.2 Å². The minimum atomic E-state index is -4.50. The molecule has 1 aliphatic rings. The van der Waals surface area contributed by atoms with Crippen molar-refractivity contribution >= 4 is 22.6 Å². The van der Waals surface area contributed by atoms with Crippen LogP contribution in [0.15, 0.2) is 42.6 Å². The van der Waals surface area contributed by atoms with E-state index >= 15 is 0 Å². The minimum Gasteiger partial charge on any atom is -0.487 e. The number of nitrogens with two attached hydrogens (primary N) is 1. The fourth-order valence-corrected chi connectivity index (χ4v) is 4.03. The number of ether oxygens (including phenoxy) is 1. The number of urea groups is 1. The molecule has 158 valence electrons. The maximum absolute atomic E-state index is 13.2. The molecule has 30 heavy (non-hydrogen) atoms. The summed E-state index contributed by atoms with van der Waals surface area (Å²) in [6.07, 6.45) is -2.51. The Kier molecular flexibility index (Phi) is 4.44. The molecule has 0 saturated carbocycles. The zero-order chi connectivity index (χ0) is 21.8. The lowest BCUT2D eigenvalue weighted by Gasteiger charge is -2.42. The van der Waals surface area contributed by atoms with Crippen LogP contribution < -0.4 is 15.4 Å². The number of fused-ring (bicyclic) bond motifs is 2. The van der Waals surface area contributed by atoms with Crippen LogP contribution in [0.25, 0.3) is 10.9 Å². The number of carbonyl (C=O) groups is 1. The van der Waals surface area contributed by atoms with Gasteiger partial charge in [-0.05, 0) is 38.1 Å². The number of carbonyl (C=O) groups excluding carboxylic acids is 1. The molecular formula is C21H21F3N4O2. The number of hydrogen-bond acceptors (Lipinski definition) is 3. The van der Waals surface area contributed by atoms with Crippen molar-refractivity contribution < 1.29 is 22.7 Å². The van der Waals surface area contributed by atoms with Crippen LogP contribution in [0.1, 0.15) is 37.4 Å². The van der Waals surface area contributed by atoms with Crippen molar-refractivity contribution in [3.05, 3.63) is 53.7 Å². The van der Waals surface area contributed by atoms with Gasteiger partial charge < -0.3 is 10.5 Å². The van der Waals surface area contributed by atoms with Gasteiger partial charge in [-0.1, -0.05) is 12.1 Å². The van der Waals surface area contributed by atoms with E-state index in [0.29, 0.717) is 17.7 Å². The van der Waals surface area contributed by atoms with E-state index in [9.17, 15) is 18.0 Å². The SMILES string of the molecule is Cn1ncc2c(N(C(N)=O)[C@@H]3CC(C)(C)Oc4cc(C(F)(F)F)ccc43)cccc21. The van der Waals surface area contributed by atoms with E-state index in [4.69, 9.17) is 10.5 Å². The Morgan fingerprint density at radius 3 is 2.70 bits per heavy atom. The van der Waals surface area contributed by atoms with Gasteiger partial charge in [-0.15, -0.1) is 0 Å². The number of rotatable bonds is 2. The summed E-state index contributed by atoms with van der Waals surface area (Å²) in [5.41, 5.74) is 5.99. The standard InChI is InChI=1S/C21H21F3N4O2/c1-20(2)10-17(13-8-7-12(21(22,23)24)9-18(13)30-20)28(19(25)29)16-6-4-5-15-14(16)11-26-27(15)3/h4-9,11,17H,10H2,1-3H3,(H2,25,29)/t17-/m1/s1. The van der Waals surface area contributed by atoms with Crippen molar-refractivity contribution in [3.63, 3.8) is 0 Å². The molecule has 0 fully saturated rings. The largest absolute Gasteiger partial charge is 0.487 e. The number of aromatic nitrogens is 2. The maximum Gasteiger partial charge on any atom is 0.416 e. The highest BCUT2D eigenvalue weighted by Crippen LogP contribution is 2.46. The molecule has 3 aromatic rings. The summed E-state index contributed by atoms with van der Waals surface area (Å²) in [6, 6.07) is 7.42. The Hall–Kier alpha value is -3.23. The van der Waals surface area contributed by atoms with Crippen molar-refractivity contribution in [2.45, 2.75) is 38.1 Å². The van der Waals surface area contributed by atoms with E-state index in [1.54, 1.807) is 43.9 Å². The lowest BCUT2D eigenvalue weighted by Crippen LogP contribution is -2.46. The Balaban J connectivity index is 1.90. The highest BCUT2D eigenvalue weighted by molar-refractivity contribution is 6.02. The molecule has 0 spiro atoms. The number of amides is 2. The average Bonchev–Trinajstić information content (AvgIpc) is 3.01. The van der Waals surface area contributed by atoms with Gasteiger partial charge in [-0.2, -0.15) is 18.3 Å². The first-order valence-electron chi connectivity index (χ1n) is 9.37. The first-order valence-corrected chi connectivity index (χ1v) is 9.37. The third-order valence-corrected chi connectivity index (χ3v) is 5.35. The van der Waals surface area contributed by atoms with Crippen LogP contribution in [0.2, 0.25) is 0 Å². The molecule has 2 N–H and O–H groups in total. The summed E-state index contributed by atoms with van der Waals surface area (Å²) >= 11 is 0. The predicted molar refractivity (Wildman–Crippen MR) is 106 cm³/mol. The average molecular weight is 418 g/mol. The molecule has 0 radical (unpaired) electrons. The van der Waals surface area contributed by atoms with Crippen LogP contribution in [0.5, 0.6) is 5.75 Å². The summed E-state index contributed by atoms with van der Waals surface area (Å²) in [5, 5.41) is 4.96. The Morgan fingerprint density at radius 1 is 1.30 bits per heavy atom. The van der Waals surface area contributed by atoms with Crippen LogP contribution in [0.4, 0.5) is 23.7 Å². The van der Waals surface area contributed by atoms with Crippen LogP contribution in [-0.2, 0) is 13.2 Å². The number of hydrogen-bond donors (Lipinski definition) is 1. The zero-order valence-electron chi connectivity index (χ0n) is 16.7. The highest BCUT2D eigenvalue weighted by atomic mass is 19.4. The summed E-state index contributed by atoms with van der Waals surface area (Å²) in [6.45, 7) is 3.54. The molecule has 1 aromatic heterocycles. The summed E-state index contributed by atoms with van der Waals surface area (Å²) in [5.74, 6) is 0.0932. The monoisotopic (exact) mass is 418 g/mol. The molecule has 0 saturated heterocycles. The van der Waals surface area contributed by atoms with Crippen LogP contribution in [0, 0.1) is 0 Å². The van der Waals surface area contributed by atoms with Crippen molar-refractivity contribution in [2.75, 3.05) is 4.90 Å². The van der Waals surface area contributed by atoms with Crippen LogP contribution in [0.3, 0.4) is 0 Å². The van der Waals surface area contributed by atoms with Gasteiger partial charge in [0.25, 0.3) is 0 Å². The zero-order valence-corrected chi connectivity index (χ0v) is 16.7. The summed E-state index contributed by atoms with van der Waals surface area (Å²) < 4.78 is 47.2. The predicted octanol–water partition coefficient (Wildman–Crippen LogP) is 4.78. The molecule has 4 rings (SSSR count). The molecule has 2 heterocycles. The number of primary amides is 1. The normalized spacial score (nSPS) is 18.0. The number of aryl methyl sites for hydroxylation is 1. The number of benzene rings is 2. The van der Waals surface area contributed by atoms with Gasteiger partial charge in [0.15, 0.2) is 0 Å². The first kappa shape index (κ1) is 20.1. The third-order valence-electron chi connectivity index (χ3n) is 5.35. The van der Waals surface area contributed by atoms with E-state index in [2.05, 4.69) is 5.10 Å². The molecular weight excluding hydrogens is 397 g/mol. The second-order valence-corrected chi connectivity index (χ2v) is 8.02. The van der Waals surface area contributed by atoms with Gasteiger partial charge in [0, 0.05) is 24.4 Å². The fourth-order valence-electron chi connectivity index (χ4n) is 4.03. The van der Waals surface area contributed by atoms with Crippen molar-refractivity contribution in [2.24, 2.45) is 12.8 Å². The van der Waals surface area contributed by atoms with E-state index in [0.717, 1.165) is 23.0 Å². The minimum absolute atomic E-state index is 0.0932. The maximum atomic E-state index is 13.2. The Labute approximate surface area is 171 Å². The summed E-state index contributed by atoms with van der Waals surface area (Å²) in [4.78, 5) is 14.0. The highest BCUT2D eigenvalue weighted by Gasteiger charge is 2.41. The number of anilines is 1. The van der Waals surface area contributed by atoms with Crippen molar-refractivity contribution in [1.29, 1.82) is 0 Å². The molecule has 0 aliphatic carbocycles. The van der Waals surface area contributed by atoms with E-state index < -0.39 is 29.4 Å². The molecule has 1 aliphatic heterocycles. The molecule has 9 heteroatoms. The Morgan fingerprint density at radius 2 is 2.03 bits per heavy atom. The lowest BCUT2D eigenvalue weighted by atomic mass is 9.87. The molecule has 6 nitrogen and oxygen atoms in total. The van der Waals surface area contributed by atoms with Gasteiger partial charge in [-0.25, -0.2) is 4.79 Å². The summed E-state index contributed by atoms with van der Waals surface area (Å²) in [7, 11) is 1.78. The van der Waals surface area contributed by atoms with Gasteiger partial charge in [-0.3, -0.25) is 9.58 Å². The van der Waals surface area contributed by atoms with Gasteiger partial charge in [0.2, 0.25) is 0 Å². The van der Waals surface area contributed by atoms with Crippen LogP contribution >= 0.6 is 0 Å². The molecule has 2 amide bonds. The molecule has 0 unspecified atom stereocenters. The Bertz CT molecular complexity index is 1140. The lowest BCUT2D eigenvalue weighted by molar-refractivity contribution is -0.137. The van der Waals surface area contributed by atoms with E-state index in [1.807, 2.05) is 6.07 Å². The quantitative estimate of drug-likeness (QED) is 0.651. The smallest absolute Gasteiger partial charge is 0.416 e. The third kappa shape index (κ3) is 3.34. The molecule has 0 bridgehead atoms. The van der Waals surface area contributed by atoms with Crippen LogP contribution in [-0.4, -0.2) is 21.4 Å². The number of nitrogens with zero attached hydrogens (tertiary/aromatic N) is 3. The fraction of sp³-hybridized carbons (Fsp3) is 0.333. The second-order valence-electron chi connectivity index (χ2n) is 8.02. The topological polar surface area (TPSA) is 73.4 Å². The number of alkyl halides is 3. The number of halogens is 3. The van der Waals surface area contributed by atoms with E-state index in [1.165, 1.54) is 11.0 Å². The molecule has 1 atom stereocenters. The molecule has 2 aromatic carbocycles. The first-order chi connectivity index (χ1) is 14.0.